The van der Waals surface area contributed by atoms with Crippen molar-refractivity contribution in [2.45, 2.75) is 32.7 Å². The summed E-state index contributed by atoms with van der Waals surface area (Å²) in [6.45, 7) is 6.09. The van der Waals surface area contributed by atoms with E-state index in [0.29, 0.717) is 17.8 Å². The lowest BCUT2D eigenvalue weighted by Gasteiger charge is -2.23. The van der Waals surface area contributed by atoms with E-state index >= 15 is 0 Å². The van der Waals surface area contributed by atoms with Gasteiger partial charge in [0.1, 0.15) is 0 Å². The molecule has 0 spiro atoms. The summed E-state index contributed by atoms with van der Waals surface area (Å²) in [6.07, 6.45) is 1.93. The molecule has 27 heavy (non-hydrogen) atoms. The number of nitrogens with zero attached hydrogens (tertiary/aromatic N) is 3. The molecule has 0 unspecified atom stereocenters. The molecule has 9 heteroatoms. The minimum Gasteiger partial charge on any atom is -0.352 e. The van der Waals surface area contributed by atoms with Crippen LogP contribution in [0, 0.1) is 6.92 Å². The number of hydrogen-bond acceptors (Lipinski definition) is 5. The number of benzene rings is 1. The van der Waals surface area contributed by atoms with Crippen molar-refractivity contribution in [1.29, 1.82) is 0 Å². The van der Waals surface area contributed by atoms with Gasteiger partial charge in [-0.2, -0.15) is 0 Å². The fourth-order valence-corrected chi connectivity index (χ4v) is 3.18. The molecule has 2 amide bonds. The van der Waals surface area contributed by atoms with Crippen molar-refractivity contribution in [3.05, 3.63) is 41.2 Å². The largest absolute Gasteiger partial charge is 0.352 e. The summed E-state index contributed by atoms with van der Waals surface area (Å²) in [6, 6.07) is 7.18. The number of carbonyl (C=O) groups excluding carboxylic acids is 2. The van der Waals surface area contributed by atoms with Crippen LogP contribution in [0.2, 0.25) is 0 Å². The summed E-state index contributed by atoms with van der Waals surface area (Å²) in [7, 11) is 0. The summed E-state index contributed by atoms with van der Waals surface area (Å²) >= 11 is 0. The van der Waals surface area contributed by atoms with Crippen molar-refractivity contribution < 1.29 is 9.59 Å². The molecule has 1 aliphatic rings. The molecule has 8 nitrogen and oxygen atoms in total. The van der Waals surface area contributed by atoms with Gasteiger partial charge in [0.2, 0.25) is 0 Å². The smallest absolute Gasteiger partial charge is 0.278 e. The van der Waals surface area contributed by atoms with E-state index in [-0.39, 0.29) is 36.0 Å². The predicted octanol–water partition coefficient (Wildman–Crippen LogP) is 1.93. The van der Waals surface area contributed by atoms with Gasteiger partial charge in [-0.15, -0.1) is 17.5 Å². The van der Waals surface area contributed by atoms with Gasteiger partial charge in [0, 0.05) is 6.54 Å². The predicted molar refractivity (Wildman–Crippen MR) is 106 cm³/mol. The van der Waals surface area contributed by atoms with E-state index in [1.807, 2.05) is 18.5 Å². The third-order valence-electron chi connectivity index (χ3n) is 4.55. The van der Waals surface area contributed by atoms with E-state index in [2.05, 4.69) is 26.3 Å². The Balaban J connectivity index is 0.00000261. The van der Waals surface area contributed by atoms with Gasteiger partial charge in [-0.3, -0.25) is 9.59 Å². The average Bonchev–Trinajstić information content (AvgIpc) is 3.04. The van der Waals surface area contributed by atoms with Crippen LogP contribution in [-0.2, 0) is 0 Å². The maximum Gasteiger partial charge on any atom is 0.278 e. The fraction of sp³-hybridized carbons (Fsp3) is 0.444. The van der Waals surface area contributed by atoms with E-state index in [9.17, 15) is 9.59 Å². The molecule has 0 saturated carbocycles. The number of rotatable bonds is 5. The van der Waals surface area contributed by atoms with Gasteiger partial charge < -0.3 is 16.0 Å². The van der Waals surface area contributed by atoms with Gasteiger partial charge in [0.15, 0.2) is 5.69 Å². The van der Waals surface area contributed by atoms with E-state index in [1.165, 1.54) is 0 Å². The first-order valence-electron chi connectivity index (χ1n) is 8.93. The second-order valence-electron chi connectivity index (χ2n) is 6.31. The normalized spacial score (nSPS) is 14.3. The van der Waals surface area contributed by atoms with Gasteiger partial charge >= 0.3 is 0 Å². The van der Waals surface area contributed by atoms with Crippen LogP contribution in [0.1, 0.15) is 52.3 Å². The first kappa shape index (κ1) is 20.9. The van der Waals surface area contributed by atoms with Crippen LogP contribution < -0.4 is 16.0 Å². The summed E-state index contributed by atoms with van der Waals surface area (Å²) in [5.41, 5.74) is 1.91. The van der Waals surface area contributed by atoms with Gasteiger partial charge in [-0.1, -0.05) is 17.3 Å². The number of para-hydroxylation sites is 1. The van der Waals surface area contributed by atoms with Crippen LogP contribution in [0.25, 0.3) is 0 Å². The van der Waals surface area contributed by atoms with E-state index in [4.69, 9.17) is 0 Å². The Morgan fingerprint density at radius 1 is 1.22 bits per heavy atom. The second kappa shape index (κ2) is 9.48. The summed E-state index contributed by atoms with van der Waals surface area (Å²) in [5, 5.41) is 17.1. The number of nitrogens with one attached hydrogen (secondary N) is 3. The van der Waals surface area contributed by atoms with Crippen molar-refractivity contribution in [3.63, 3.8) is 0 Å². The molecule has 1 aromatic carbocycles. The van der Waals surface area contributed by atoms with Crippen LogP contribution in [0.5, 0.6) is 0 Å². The quantitative estimate of drug-likeness (QED) is 0.721. The van der Waals surface area contributed by atoms with Gasteiger partial charge in [-0.05, 0) is 51.9 Å². The van der Waals surface area contributed by atoms with E-state index in [0.717, 1.165) is 31.6 Å². The second-order valence-corrected chi connectivity index (χ2v) is 6.31. The van der Waals surface area contributed by atoms with Gasteiger partial charge in [0.25, 0.3) is 11.8 Å². The topological polar surface area (TPSA) is 101 Å². The molecule has 3 N–H and O–H groups in total. The number of amides is 2. The standard InChI is InChI=1S/C18H24N6O2.ClH/c1-3-20-17(25)14-6-4-5-7-15(14)21-18(26)16-12(2)24(23-22-16)13-8-10-19-11-9-13;/h4-7,13,19H,3,8-11H2,1-2H3,(H,20,25)(H,21,26);1H. The Labute approximate surface area is 164 Å². The van der Waals surface area contributed by atoms with Crippen LogP contribution in [0.4, 0.5) is 5.69 Å². The van der Waals surface area contributed by atoms with Crippen LogP contribution in [-0.4, -0.2) is 46.4 Å². The lowest BCUT2D eigenvalue weighted by atomic mass is 10.1. The average molecular weight is 393 g/mol. The maximum absolute atomic E-state index is 12.7. The van der Waals surface area contributed by atoms with Crippen LogP contribution in [0.15, 0.2) is 24.3 Å². The van der Waals surface area contributed by atoms with E-state index < -0.39 is 0 Å². The molecular weight excluding hydrogens is 368 g/mol. The molecule has 0 radical (unpaired) electrons. The third kappa shape index (κ3) is 4.64. The van der Waals surface area contributed by atoms with Crippen LogP contribution >= 0.6 is 12.4 Å². The van der Waals surface area contributed by atoms with Gasteiger partial charge in [0.05, 0.1) is 23.0 Å². The maximum atomic E-state index is 12.7. The number of anilines is 1. The summed E-state index contributed by atoms with van der Waals surface area (Å²) in [4.78, 5) is 24.9. The lowest BCUT2D eigenvalue weighted by molar-refractivity contribution is 0.0956. The van der Waals surface area contributed by atoms with Crippen molar-refractivity contribution in [2.24, 2.45) is 0 Å². The molecule has 1 fully saturated rings. The zero-order valence-corrected chi connectivity index (χ0v) is 16.3. The molecule has 0 atom stereocenters. The fourth-order valence-electron chi connectivity index (χ4n) is 3.18. The van der Waals surface area contributed by atoms with Crippen LogP contribution in [0.3, 0.4) is 0 Å². The SMILES string of the molecule is CCNC(=O)c1ccccc1NC(=O)c1nnn(C2CCNCC2)c1C.Cl. The molecule has 1 aliphatic heterocycles. The molecule has 2 heterocycles. The van der Waals surface area contributed by atoms with Crippen molar-refractivity contribution in [1.82, 2.24) is 25.6 Å². The Morgan fingerprint density at radius 3 is 2.63 bits per heavy atom. The number of halogens is 1. The molecule has 1 saturated heterocycles. The molecule has 3 rings (SSSR count). The zero-order chi connectivity index (χ0) is 18.5. The van der Waals surface area contributed by atoms with Gasteiger partial charge in [-0.25, -0.2) is 4.68 Å². The molecular formula is C18H25ClN6O2. The third-order valence-corrected chi connectivity index (χ3v) is 4.55. The highest BCUT2D eigenvalue weighted by Crippen LogP contribution is 2.21. The van der Waals surface area contributed by atoms with Crippen molar-refractivity contribution in [2.75, 3.05) is 25.0 Å². The monoisotopic (exact) mass is 392 g/mol. The molecule has 146 valence electrons. The Hall–Kier alpha value is -2.45. The van der Waals surface area contributed by atoms with E-state index in [1.54, 1.807) is 24.3 Å². The number of aromatic nitrogens is 3. The van der Waals surface area contributed by atoms with Crippen molar-refractivity contribution in [3.8, 4) is 0 Å². The molecule has 2 aromatic rings. The Kier molecular flexibility index (Phi) is 7.32. The van der Waals surface area contributed by atoms with Crippen molar-refractivity contribution >= 4 is 29.9 Å². The summed E-state index contributed by atoms with van der Waals surface area (Å²) in [5.74, 6) is -0.585. The lowest BCUT2D eigenvalue weighted by Crippen LogP contribution is -2.30. The molecule has 0 aliphatic carbocycles. The zero-order valence-electron chi connectivity index (χ0n) is 15.5. The molecule has 0 bridgehead atoms. The highest BCUT2D eigenvalue weighted by Gasteiger charge is 2.23. The molecule has 1 aromatic heterocycles. The minimum absolute atomic E-state index is 0. The Morgan fingerprint density at radius 2 is 1.93 bits per heavy atom. The highest BCUT2D eigenvalue weighted by atomic mass is 35.5. The minimum atomic E-state index is -0.362. The number of carbonyl (C=O) groups is 2. The number of hydrogen-bond donors (Lipinski definition) is 3. The first-order valence-corrected chi connectivity index (χ1v) is 8.93. The number of piperidine rings is 1. The Bertz CT molecular complexity index is 801. The first-order chi connectivity index (χ1) is 12.6. The highest BCUT2D eigenvalue weighted by molar-refractivity contribution is 6.08. The summed E-state index contributed by atoms with van der Waals surface area (Å²) < 4.78 is 1.84.